The molecule has 1 atom stereocenters. The highest BCUT2D eigenvalue weighted by Crippen LogP contribution is 2.39. The van der Waals surface area contributed by atoms with E-state index in [-0.39, 0.29) is 18.6 Å². The van der Waals surface area contributed by atoms with E-state index in [4.69, 9.17) is 18.6 Å². The fourth-order valence-electron chi connectivity index (χ4n) is 4.88. The van der Waals surface area contributed by atoms with Crippen LogP contribution >= 0.6 is 0 Å². The molecule has 190 valence electrons. The molecule has 2 heterocycles. The minimum atomic E-state index is -0.403. The number of hydrogen-bond acceptors (Lipinski definition) is 6. The normalized spacial score (nSPS) is 14.8. The van der Waals surface area contributed by atoms with Gasteiger partial charge in [0.15, 0.2) is 11.5 Å². The average Bonchev–Trinajstić information content (AvgIpc) is 2.90. The third kappa shape index (κ3) is 4.77. The van der Waals surface area contributed by atoms with E-state index in [2.05, 4.69) is 0 Å². The van der Waals surface area contributed by atoms with Gasteiger partial charge in [0.25, 0.3) is 5.91 Å². The van der Waals surface area contributed by atoms with Crippen LogP contribution in [0.2, 0.25) is 0 Å². The molecule has 0 fully saturated rings. The van der Waals surface area contributed by atoms with Crippen molar-refractivity contribution < 1.29 is 23.4 Å². The van der Waals surface area contributed by atoms with Crippen molar-refractivity contribution in [3.8, 4) is 17.2 Å². The lowest BCUT2D eigenvalue weighted by molar-refractivity contribution is 0.0589. The fraction of sp³-hybridized carbons (Fsp3) is 0.267. The van der Waals surface area contributed by atoms with Gasteiger partial charge >= 0.3 is 5.63 Å². The third-order valence-electron chi connectivity index (χ3n) is 6.89. The lowest BCUT2D eigenvalue weighted by atomic mass is 9.91. The van der Waals surface area contributed by atoms with Crippen molar-refractivity contribution >= 4 is 16.9 Å². The van der Waals surface area contributed by atoms with Crippen LogP contribution in [0.5, 0.6) is 17.2 Å². The van der Waals surface area contributed by atoms with Gasteiger partial charge in [-0.05, 0) is 73.4 Å². The van der Waals surface area contributed by atoms with Crippen molar-refractivity contribution in [2.24, 2.45) is 0 Å². The Hall–Kier alpha value is -4.26. The molecule has 0 bridgehead atoms. The number of benzene rings is 3. The van der Waals surface area contributed by atoms with Gasteiger partial charge < -0.3 is 23.5 Å². The number of carbonyl (C=O) groups excluding carboxylic acids is 1. The molecule has 0 saturated heterocycles. The second-order valence-corrected chi connectivity index (χ2v) is 9.25. The maximum absolute atomic E-state index is 13.6. The van der Waals surface area contributed by atoms with Crippen molar-refractivity contribution in [3.05, 3.63) is 98.9 Å². The predicted octanol–water partition coefficient (Wildman–Crippen LogP) is 5.25. The van der Waals surface area contributed by atoms with Gasteiger partial charge in [-0.2, -0.15) is 0 Å². The third-order valence-corrected chi connectivity index (χ3v) is 6.89. The number of carbonyl (C=O) groups is 1. The first-order valence-corrected chi connectivity index (χ1v) is 12.2. The van der Waals surface area contributed by atoms with Gasteiger partial charge in [0.05, 0.1) is 20.3 Å². The van der Waals surface area contributed by atoms with Gasteiger partial charge in [-0.25, -0.2) is 4.79 Å². The van der Waals surface area contributed by atoms with Crippen LogP contribution < -0.4 is 19.8 Å². The second kappa shape index (κ2) is 10.0. The van der Waals surface area contributed by atoms with Gasteiger partial charge in [-0.1, -0.05) is 17.7 Å². The van der Waals surface area contributed by atoms with Crippen molar-refractivity contribution in [3.63, 3.8) is 0 Å². The molecule has 0 aliphatic carbocycles. The Morgan fingerprint density at radius 1 is 0.973 bits per heavy atom. The molecule has 4 aromatic rings. The second-order valence-electron chi connectivity index (χ2n) is 9.25. The van der Waals surface area contributed by atoms with Crippen molar-refractivity contribution in [1.82, 2.24) is 4.90 Å². The zero-order chi connectivity index (χ0) is 26.1. The van der Waals surface area contributed by atoms with E-state index in [1.165, 1.54) is 6.07 Å². The van der Waals surface area contributed by atoms with Crippen molar-refractivity contribution in [1.29, 1.82) is 0 Å². The van der Waals surface area contributed by atoms with Crippen LogP contribution in [0.4, 0.5) is 0 Å². The SMILES string of the molecule is COc1cc2c(cc1OC)[C@@H](COc1ccc3c(C)cc(=O)oc3c1)N(C(=O)c1ccc(C)cc1)CC2. The molecule has 0 saturated carbocycles. The van der Waals surface area contributed by atoms with E-state index in [1.54, 1.807) is 20.3 Å². The van der Waals surface area contributed by atoms with Gasteiger partial charge in [0.2, 0.25) is 0 Å². The van der Waals surface area contributed by atoms with Gasteiger partial charge in [-0.15, -0.1) is 0 Å². The Morgan fingerprint density at radius 3 is 2.43 bits per heavy atom. The van der Waals surface area contributed by atoms with E-state index in [9.17, 15) is 9.59 Å². The lowest BCUT2D eigenvalue weighted by Crippen LogP contribution is -2.42. The van der Waals surface area contributed by atoms with Gasteiger partial charge in [0, 0.05) is 29.6 Å². The summed E-state index contributed by atoms with van der Waals surface area (Å²) in [5.74, 6) is 1.74. The topological polar surface area (TPSA) is 78.2 Å². The summed E-state index contributed by atoms with van der Waals surface area (Å²) in [4.78, 5) is 27.4. The lowest BCUT2D eigenvalue weighted by Gasteiger charge is -2.37. The van der Waals surface area contributed by atoms with Crippen molar-refractivity contribution in [2.75, 3.05) is 27.4 Å². The largest absolute Gasteiger partial charge is 0.493 e. The number of fused-ring (bicyclic) bond motifs is 2. The Bertz CT molecular complexity index is 1520. The molecule has 0 N–H and O–H groups in total. The molecule has 1 aliphatic rings. The minimum absolute atomic E-state index is 0.0610. The number of ether oxygens (including phenoxy) is 3. The number of rotatable bonds is 6. The first-order valence-electron chi connectivity index (χ1n) is 12.2. The minimum Gasteiger partial charge on any atom is -0.493 e. The molecule has 1 amide bonds. The van der Waals surface area contributed by atoms with E-state index < -0.39 is 5.63 Å². The summed E-state index contributed by atoms with van der Waals surface area (Å²) >= 11 is 0. The Morgan fingerprint density at radius 2 is 1.70 bits per heavy atom. The van der Waals surface area contributed by atoms with Gasteiger partial charge in [0.1, 0.15) is 17.9 Å². The van der Waals surface area contributed by atoms with Crippen LogP contribution in [0.1, 0.15) is 38.7 Å². The Balaban J connectivity index is 1.51. The smallest absolute Gasteiger partial charge is 0.336 e. The number of hydrogen-bond donors (Lipinski definition) is 0. The van der Waals surface area contributed by atoms with E-state index in [1.807, 2.05) is 67.3 Å². The Labute approximate surface area is 215 Å². The highest BCUT2D eigenvalue weighted by molar-refractivity contribution is 5.94. The summed E-state index contributed by atoms with van der Waals surface area (Å²) in [5.41, 5.74) is 4.66. The van der Waals surface area contributed by atoms with Crippen LogP contribution in [0.15, 0.2) is 69.9 Å². The molecule has 7 nitrogen and oxygen atoms in total. The highest BCUT2D eigenvalue weighted by atomic mass is 16.5. The van der Waals surface area contributed by atoms with E-state index in [0.717, 1.165) is 27.6 Å². The summed E-state index contributed by atoms with van der Waals surface area (Å²) in [5, 5.41) is 0.850. The first kappa shape index (κ1) is 24.4. The monoisotopic (exact) mass is 499 g/mol. The highest BCUT2D eigenvalue weighted by Gasteiger charge is 2.33. The zero-order valence-corrected chi connectivity index (χ0v) is 21.4. The molecule has 1 aromatic heterocycles. The van der Waals surface area contributed by atoms with Gasteiger partial charge in [-0.3, -0.25) is 4.79 Å². The van der Waals surface area contributed by atoms with Crippen LogP contribution in [0, 0.1) is 13.8 Å². The van der Waals surface area contributed by atoms with E-state index in [0.29, 0.717) is 41.4 Å². The molecule has 3 aromatic carbocycles. The zero-order valence-electron chi connectivity index (χ0n) is 21.4. The quantitative estimate of drug-likeness (QED) is 0.338. The fourth-order valence-corrected chi connectivity index (χ4v) is 4.88. The van der Waals surface area contributed by atoms with Crippen LogP contribution in [-0.4, -0.2) is 38.2 Å². The maximum Gasteiger partial charge on any atom is 0.336 e. The average molecular weight is 500 g/mol. The number of amides is 1. The number of aryl methyl sites for hydroxylation is 2. The van der Waals surface area contributed by atoms with Crippen molar-refractivity contribution in [2.45, 2.75) is 26.3 Å². The first-order chi connectivity index (χ1) is 17.9. The molecule has 1 aliphatic heterocycles. The summed E-state index contributed by atoms with van der Waals surface area (Å²) in [6.07, 6.45) is 0.685. The molecule has 0 spiro atoms. The molecular weight excluding hydrogens is 470 g/mol. The molecule has 0 radical (unpaired) electrons. The Kier molecular flexibility index (Phi) is 6.61. The molecule has 5 rings (SSSR count). The summed E-state index contributed by atoms with van der Waals surface area (Å²) < 4.78 is 22.7. The number of nitrogens with zero attached hydrogens (tertiary/aromatic N) is 1. The predicted molar refractivity (Wildman–Crippen MR) is 141 cm³/mol. The molecular formula is C30H29NO6. The summed E-state index contributed by atoms with van der Waals surface area (Å²) in [6.45, 7) is 4.61. The standard InChI is InChI=1S/C30H29NO6/c1-18-5-7-20(8-6-18)30(33)31-12-11-21-14-27(34-3)28(35-4)16-24(21)25(31)17-36-22-9-10-23-19(2)13-29(32)37-26(23)15-22/h5-10,13-16,25H,11-12,17H2,1-4H3/t25-/m1/s1. The van der Waals surface area contributed by atoms with Crippen LogP contribution in [-0.2, 0) is 6.42 Å². The maximum atomic E-state index is 13.6. The van der Waals surface area contributed by atoms with Crippen LogP contribution in [0.25, 0.3) is 11.0 Å². The molecule has 0 unspecified atom stereocenters. The van der Waals surface area contributed by atoms with E-state index >= 15 is 0 Å². The summed E-state index contributed by atoms with van der Waals surface area (Å²) in [7, 11) is 3.21. The molecule has 37 heavy (non-hydrogen) atoms. The van der Waals surface area contributed by atoms with Crippen LogP contribution in [0.3, 0.4) is 0 Å². The summed E-state index contributed by atoms with van der Waals surface area (Å²) in [6, 6.07) is 18.0. The molecule has 7 heteroatoms. The number of methoxy groups -OCH3 is 2.